The van der Waals surface area contributed by atoms with Gasteiger partial charge in [-0.05, 0) is 79.5 Å². The topological polar surface area (TPSA) is 29.1 Å². The lowest BCUT2D eigenvalue weighted by Gasteiger charge is -2.20. The number of hydrogen-bond acceptors (Lipinski definition) is 3. The van der Waals surface area contributed by atoms with Gasteiger partial charge < -0.3 is 5.32 Å². The van der Waals surface area contributed by atoms with Crippen LogP contribution in [0, 0.1) is 19.8 Å². The van der Waals surface area contributed by atoms with Crippen LogP contribution in [0.4, 0.5) is 5.69 Å². The number of nitrogens with one attached hydrogen (secondary N) is 1. The fourth-order valence-corrected chi connectivity index (χ4v) is 6.22. The van der Waals surface area contributed by atoms with E-state index in [0.29, 0.717) is 0 Å². The number of thiophene rings is 1. The van der Waals surface area contributed by atoms with Crippen molar-refractivity contribution in [3.63, 3.8) is 0 Å². The van der Waals surface area contributed by atoms with E-state index in [2.05, 4.69) is 38.2 Å². The number of amides is 1. The van der Waals surface area contributed by atoms with Crippen molar-refractivity contribution in [3.8, 4) is 0 Å². The van der Waals surface area contributed by atoms with Crippen LogP contribution in [0.5, 0.6) is 0 Å². The molecule has 1 unspecified atom stereocenters. The van der Waals surface area contributed by atoms with E-state index in [0.717, 1.165) is 22.3 Å². The second kappa shape index (κ2) is 6.65. The van der Waals surface area contributed by atoms with Crippen LogP contribution in [0.2, 0.25) is 0 Å². The van der Waals surface area contributed by atoms with Gasteiger partial charge in [0.1, 0.15) is 0 Å². The maximum atomic E-state index is 12.7. The van der Waals surface area contributed by atoms with Crippen molar-refractivity contribution in [3.05, 3.63) is 55.1 Å². The summed E-state index contributed by atoms with van der Waals surface area (Å²) in [7, 11) is 0. The first kappa shape index (κ1) is 16.9. The standard InChI is InChI=1S/C21H23NOS2/c1-12-4-7-16-17-11-24-20(10-19(17)25-18(16)8-12)21(23)22-15-6-5-13(2)14(3)9-15/h5-6,9-10,12H,4,7-8,11H2,1-3H3,(H,22,23). The van der Waals surface area contributed by atoms with Gasteiger partial charge in [-0.15, -0.1) is 23.1 Å². The van der Waals surface area contributed by atoms with Crippen molar-refractivity contribution in [2.24, 2.45) is 5.92 Å². The van der Waals surface area contributed by atoms with Crippen molar-refractivity contribution in [2.75, 3.05) is 5.32 Å². The van der Waals surface area contributed by atoms with Crippen LogP contribution in [0.3, 0.4) is 0 Å². The monoisotopic (exact) mass is 369 g/mol. The van der Waals surface area contributed by atoms with E-state index >= 15 is 0 Å². The molecule has 2 nitrogen and oxygen atoms in total. The molecule has 1 aromatic heterocycles. The molecule has 130 valence electrons. The largest absolute Gasteiger partial charge is 0.322 e. The summed E-state index contributed by atoms with van der Waals surface area (Å²) in [5.41, 5.74) is 6.38. The second-order valence-electron chi connectivity index (χ2n) is 7.24. The number of fused-ring (bicyclic) bond motifs is 3. The quantitative estimate of drug-likeness (QED) is 0.734. The molecule has 0 bridgehead atoms. The number of thioether (sulfide) groups is 1. The van der Waals surface area contributed by atoms with E-state index in [-0.39, 0.29) is 5.91 Å². The molecule has 1 amide bonds. The molecule has 0 saturated carbocycles. The zero-order chi connectivity index (χ0) is 17.6. The van der Waals surface area contributed by atoms with Gasteiger partial charge >= 0.3 is 0 Å². The first-order chi connectivity index (χ1) is 12.0. The minimum absolute atomic E-state index is 0.0126. The molecule has 4 heteroatoms. The molecule has 0 spiro atoms. The summed E-state index contributed by atoms with van der Waals surface area (Å²) in [4.78, 5) is 16.4. The molecule has 1 aromatic carbocycles. The number of rotatable bonds is 2. The SMILES string of the molecule is Cc1ccc(NC(=O)C2=Cc3sc4c(c3CS2)CCC(C)C4)cc1C. The van der Waals surface area contributed by atoms with Gasteiger partial charge in [-0.25, -0.2) is 0 Å². The molecule has 1 N–H and O–H groups in total. The molecule has 2 heterocycles. The van der Waals surface area contributed by atoms with Gasteiger partial charge in [-0.1, -0.05) is 13.0 Å². The first-order valence-corrected chi connectivity index (χ1v) is 10.7. The minimum atomic E-state index is 0.0126. The van der Waals surface area contributed by atoms with E-state index in [1.54, 1.807) is 22.2 Å². The molecule has 0 radical (unpaired) electrons. The van der Waals surface area contributed by atoms with Gasteiger partial charge in [0, 0.05) is 21.2 Å². The van der Waals surface area contributed by atoms with Crippen LogP contribution in [-0.2, 0) is 23.4 Å². The van der Waals surface area contributed by atoms with E-state index < -0.39 is 0 Å². The third-order valence-corrected chi connectivity index (χ3v) is 7.57. The molecule has 0 saturated heterocycles. The fourth-order valence-electron chi connectivity index (χ4n) is 3.57. The molecule has 1 atom stereocenters. The summed E-state index contributed by atoms with van der Waals surface area (Å²) < 4.78 is 0. The third-order valence-electron chi connectivity index (χ3n) is 5.28. The summed E-state index contributed by atoms with van der Waals surface area (Å²) in [5.74, 6) is 1.73. The Kier molecular flexibility index (Phi) is 4.50. The molecule has 2 aromatic rings. The van der Waals surface area contributed by atoms with Crippen LogP contribution < -0.4 is 5.32 Å². The Morgan fingerprint density at radius 3 is 2.84 bits per heavy atom. The van der Waals surface area contributed by atoms with Crippen molar-refractivity contribution in [1.82, 2.24) is 0 Å². The zero-order valence-corrected chi connectivity index (χ0v) is 16.6. The Morgan fingerprint density at radius 1 is 1.20 bits per heavy atom. The van der Waals surface area contributed by atoms with Crippen LogP contribution in [-0.4, -0.2) is 5.91 Å². The van der Waals surface area contributed by atoms with Crippen LogP contribution in [0.15, 0.2) is 23.1 Å². The normalized spacial score (nSPS) is 19.0. The summed E-state index contributed by atoms with van der Waals surface area (Å²) in [6.07, 6.45) is 5.81. The lowest BCUT2D eigenvalue weighted by Crippen LogP contribution is -2.14. The zero-order valence-electron chi connectivity index (χ0n) is 14.9. The number of hydrogen-bond donors (Lipinski definition) is 1. The van der Waals surface area contributed by atoms with Crippen molar-refractivity contribution >= 4 is 40.8 Å². The Bertz CT molecular complexity index is 878. The van der Waals surface area contributed by atoms with Gasteiger partial charge in [0.05, 0.1) is 4.91 Å². The molecule has 1 aliphatic carbocycles. The highest BCUT2D eigenvalue weighted by Crippen LogP contribution is 2.43. The van der Waals surface area contributed by atoms with Crippen molar-refractivity contribution in [1.29, 1.82) is 0 Å². The average molecular weight is 370 g/mol. The average Bonchev–Trinajstić information content (AvgIpc) is 2.94. The highest BCUT2D eigenvalue weighted by atomic mass is 32.2. The first-order valence-electron chi connectivity index (χ1n) is 8.88. The maximum absolute atomic E-state index is 12.7. The van der Waals surface area contributed by atoms with Gasteiger partial charge in [-0.3, -0.25) is 4.79 Å². The smallest absolute Gasteiger partial charge is 0.262 e. The molecule has 2 aliphatic rings. The maximum Gasteiger partial charge on any atom is 0.262 e. The predicted molar refractivity (Wildman–Crippen MR) is 109 cm³/mol. The Balaban J connectivity index is 1.56. The number of aryl methyl sites for hydroxylation is 2. The van der Waals surface area contributed by atoms with Crippen LogP contribution >= 0.6 is 23.1 Å². The second-order valence-corrected chi connectivity index (χ2v) is 9.40. The van der Waals surface area contributed by atoms with Crippen molar-refractivity contribution in [2.45, 2.75) is 45.8 Å². The Morgan fingerprint density at radius 2 is 2.04 bits per heavy atom. The van der Waals surface area contributed by atoms with Gasteiger partial charge in [0.15, 0.2) is 0 Å². The van der Waals surface area contributed by atoms with E-state index in [1.807, 2.05) is 23.5 Å². The number of carbonyl (C=O) groups is 1. The van der Waals surface area contributed by atoms with Gasteiger partial charge in [0.2, 0.25) is 0 Å². The number of benzene rings is 1. The van der Waals surface area contributed by atoms with E-state index in [9.17, 15) is 4.79 Å². The lowest BCUT2D eigenvalue weighted by molar-refractivity contribution is -0.112. The minimum Gasteiger partial charge on any atom is -0.322 e. The Hall–Kier alpha value is -1.52. The third kappa shape index (κ3) is 3.30. The molecule has 25 heavy (non-hydrogen) atoms. The van der Waals surface area contributed by atoms with E-state index in [4.69, 9.17) is 0 Å². The van der Waals surface area contributed by atoms with Gasteiger partial charge in [0.25, 0.3) is 5.91 Å². The lowest BCUT2D eigenvalue weighted by atomic mass is 9.88. The molecular weight excluding hydrogens is 346 g/mol. The highest BCUT2D eigenvalue weighted by Gasteiger charge is 2.26. The predicted octanol–water partition coefficient (Wildman–Crippen LogP) is 5.72. The van der Waals surface area contributed by atoms with Crippen molar-refractivity contribution < 1.29 is 4.79 Å². The van der Waals surface area contributed by atoms with Crippen LogP contribution in [0.25, 0.3) is 6.08 Å². The van der Waals surface area contributed by atoms with E-state index in [1.165, 1.54) is 40.8 Å². The molecule has 0 fully saturated rings. The molecule has 4 rings (SSSR count). The fraction of sp³-hybridized carbons (Fsp3) is 0.381. The summed E-state index contributed by atoms with van der Waals surface area (Å²) in [6.45, 7) is 6.50. The Labute approximate surface area is 157 Å². The number of carbonyl (C=O) groups excluding carboxylic acids is 1. The summed E-state index contributed by atoms with van der Waals surface area (Å²) in [5, 5.41) is 3.06. The number of anilines is 1. The van der Waals surface area contributed by atoms with Crippen LogP contribution in [0.1, 0.15) is 45.4 Å². The highest BCUT2D eigenvalue weighted by molar-refractivity contribution is 8.03. The summed E-state index contributed by atoms with van der Waals surface area (Å²) >= 11 is 3.58. The summed E-state index contributed by atoms with van der Waals surface area (Å²) in [6, 6.07) is 6.07. The molecular formula is C21H23NOS2. The molecule has 1 aliphatic heterocycles. The van der Waals surface area contributed by atoms with Gasteiger partial charge in [-0.2, -0.15) is 0 Å².